The third kappa shape index (κ3) is 3.98. The van der Waals surface area contributed by atoms with Crippen molar-refractivity contribution in [3.63, 3.8) is 0 Å². The number of hydrogen-bond acceptors (Lipinski definition) is 2. The molecule has 0 saturated carbocycles. The monoisotopic (exact) mass is 211 g/mol. The molecule has 0 radical (unpaired) electrons. The quantitative estimate of drug-likeness (QED) is 0.781. The number of aliphatic hydroxyl groups excluding tert-OH is 1. The fraction of sp³-hybridized carbons (Fsp3) is 0.500. The van der Waals surface area contributed by atoms with Crippen LogP contribution in [0.4, 0.5) is 4.39 Å². The highest BCUT2D eigenvalue weighted by Crippen LogP contribution is 2.13. The number of benzene rings is 1. The van der Waals surface area contributed by atoms with Crippen LogP contribution in [-0.4, -0.2) is 18.3 Å². The summed E-state index contributed by atoms with van der Waals surface area (Å²) in [7, 11) is 0. The summed E-state index contributed by atoms with van der Waals surface area (Å²) in [5.41, 5.74) is 0.931. The molecule has 84 valence electrons. The Hall–Kier alpha value is -0.930. The molecule has 15 heavy (non-hydrogen) atoms. The van der Waals surface area contributed by atoms with Crippen LogP contribution in [0.5, 0.6) is 0 Å². The third-order valence-corrected chi connectivity index (χ3v) is 2.43. The van der Waals surface area contributed by atoms with Crippen molar-refractivity contribution < 1.29 is 9.50 Å². The van der Waals surface area contributed by atoms with Crippen LogP contribution in [0.25, 0.3) is 0 Å². The van der Waals surface area contributed by atoms with Crippen molar-refractivity contribution in [2.45, 2.75) is 19.9 Å². The van der Waals surface area contributed by atoms with Gasteiger partial charge in [-0.1, -0.05) is 19.1 Å². The summed E-state index contributed by atoms with van der Waals surface area (Å²) >= 11 is 0. The number of nitrogens with one attached hydrogen (secondary N) is 1. The summed E-state index contributed by atoms with van der Waals surface area (Å²) in [5, 5.41) is 12.1. The lowest BCUT2D eigenvalue weighted by atomic mass is 10.1. The number of hydrogen-bond donors (Lipinski definition) is 2. The van der Waals surface area contributed by atoms with Gasteiger partial charge >= 0.3 is 0 Å². The molecule has 0 spiro atoms. The second-order valence-electron chi connectivity index (χ2n) is 3.97. The van der Waals surface area contributed by atoms with E-state index in [9.17, 15) is 4.39 Å². The molecule has 3 heteroatoms. The Morgan fingerprint density at radius 3 is 2.73 bits per heavy atom. The zero-order chi connectivity index (χ0) is 11.3. The van der Waals surface area contributed by atoms with Crippen molar-refractivity contribution >= 4 is 0 Å². The molecule has 0 amide bonds. The predicted octanol–water partition coefficient (Wildman–Crippen LogP) is 2.10. The van der Waals surface area contributed by atoms with E-state index in [1.807, 2.05) is 19.9 Å². The highest BCUT2D eigenvalue weighted by molar-refractivity contribution is 5.19. The Kier molecular flexibility index (Phi) is 4.72. The first-order valence-corrected chi connectivity index (χ1v) is 5.23. The fourth-order valence-corrected chi connectivity index (χ4v) is 1.34. The summed E-state index contributed by atoms with van der Waals surface area (Å²) in [6.07, 6.45) is 0. The van der Waals surface area contributed by atoms with E-state index in [0.717, 1.165) is 12.1 Å². The van der Waals surface area contributed by atoms with Gasteiger partial charge in [-0.25, -0.2) is 4.39 Å². The van der Waals surface area contributed by atoms with Crippen molar-refractivity contribution in [3.05, 3.63) is 35.6 Å². The molecule has 2 nitrogen and oxygen atoms in total. The van der Waals surface area contributed by atoms with Gasteiger partial charge in [-0.3, -0.25) is 0 Å². The molecular weight excluding hydrogens is 193 g/mol. The topological polar surface area (TPSA) is 32.3 Å². The van der Waals surface area contributed by atoms with Crippen molar-refractivity contribution in [1.29, 1.82) is 0 Å². The van der Waals surface area contributed by atoms with Gasteiger partial charge in [0.1, 0.15) is 5.82 Å². The Morgan fingerprint density at radius 2 is 2.13 bits per heavy atom. The Balaban J connectivity index is 2.50. The predicted molar refractivity (Wildman–Crippen MR) is 59.1 cm³/mol. The highest BCUT2D eigenvalue weighted by atomic mass is 19.1. The average molecular weight is 211 g/mol. The standard InChI is InChI=1S/C12H18FNO/c1-9(8-15)7-14-10(2)11-4-3-5-12(13)6-11/h3-6,9-10,14-15H,7-8H2,1-2H3/t9?,10-/m1/s1. The second-order valence-corrected chi connectivity index (χ2v) is 3.97. The van der Waals surface area contributed by atoms with Crippen LogP contribution in [0.3, 0.4) is 0 Å². The Labute approximate surface area is 90.1 Å². The smallest absolute Gasteiger partial charge is 0.123 e. The SMILES string of the molecule is CC(CO)CN[C@H](C)c1cccc(F)c1. The largest absolute Gasteiger partial charge is 0.396 e. The van der Waals surface area contributed by atoms with Gasteiger partial charge < -0.3 is 10.4 Å². The van der Waals surface area contributed by atoms with E-state index >= 15 is 0 Å². The molecular formula is C12H18FNO. The molecule has 0 aliphatic carbocycles. The van der Waals surface area contributed by atoms with Crippen LogP contribution >= 0.6 is 0 Å². The van der Waals surface area contributed by atoms with Crippen LogP contribution in [0.15, 0.2) is 24.3 Å². The first kappa shape index (κ1) is 12.1. The van der Waals surface area contributed by atoms with Crippen LogP contribution in [0.2, 0.25) is 0 Å². The maximum absolute atomic E-state index is 12.9. The fourth-order valence-electron chi connectivity index (χ4n) is 1.34. The van der Waals surface area contributed by atoms with Gasteiger partial charge in [-0.05, 0) is 30.5 Å². The van der Waals surface area contributed by atoms with Crippen molar-refractivity contribution in [3.8, 4) is 0 Å². The molecule has 1 unspecified atom stereocenters. The molecule has 0 saturated heterocycles. The number of aliphatic hydroxyl groups is 1. The molecule has 0 bridgehead atoms. The molecule has 1 rings (SSSR count). The van der Waals surface area contributed by atoms with E-state index in [4.69, 9.17) is 5.11 Å². The summed E-state index contributed by atoms with van der Waals surface area (Å²) < 4.78 is 12.9. The second kappa shape index (κ2) is 5.83. The summed E-state index contributed by atoms with van der Waals surface area (Å²) in [6.45, 7) is 4.85. The summed E-state index contributed by atoms with van der Waals surface area (Å²) in [5.74, 6) is 0.0114. The van der Waals surface area contributed by atoms with Gasteiger partial charge in [0.15, 0.2) is 0 Å². The van der Waals surface area contributed by atoms with Crippen molar-refractivity contribution in [1.82, 2.24) is 5.32 Å². The lowest BCUT2D eigenvalue weighted by Crippen LogP contribution is -2.26. The van der Waals surface area contributed by atoms with E-state index < -0.39 is 0 Å². The van der Waals surface area contributed by atoms with E-state index in [1.54, 1.807) is 6.07 Å². The minimum absolute atomic E-state index is 0.106. The van der Waals surface area contributed by atoms with E-state index in [2.05, 4.69) is 5.32 Å². The molecule has 0 heterocycles. The molecule has 0 aliphatic heterocycles. The van der Waals surface area contributed by atoms with Crippen molar-refractivity contribution in [2.75, 3.05) is 13.2 Å². The van der Waals surface area contributed by atoms with E-state index in [1.165, 1.54) is 12.1 Å². The zero-order valence-electron chi connectivity index (χ0n) is 9.20. The molecule has 0 aromatic heterocycles. The molecule has 1 aromatic carbocycles. The van der Waals surface area contributed by atoms with Gasteiger partial charge in [0, 0.05) is 19.2 Å². The van der Waals surface area contributed by atoms with E-state index in [0.29, 0.717) is 0 Å². The maximum atomic E-state index is 12.9. The average Bonchev–Trinajstić information content (AvgIpc) is 2.25. The van der Waals surface area contributed by atoms with Crippen LogP contribution in [0, 0.1) is 11.7 Å². The lowest BCUT2D eigenvalue weighted by Gasteiger charge is -2.16. The summed E-state index contributed by atoms with van der Waals surface area (Å²) in [6, 6.07) is 6.67. The molecule has 2 N–H and O–H groups in total. The molecule has 0 aliphatic rings. The lowest BCUT2D eigenvalue weighted by molar-refractivity contribution is 0.231. The molecule has 1 aromatic rings. The Bertz CT molecular complexity index is 303. The minimum atomic E-state index is -0.212. The molecule has 2 atom stereocenters. The van der Waals surface area contributed by atoms with Crippen molar-refractivity contribution in [2.24, 2.45) is 5.92 Å². The normalized spacial score (nSPS) is 14.9. The van der Waals surface area contributed by atoms with Gasteiger partial charge in [0.25, 0.3) is 0 Å². The Morgan fingerprint density at radius 1 is 1.40 bits per heavy atom. The van der Waals surface area contributed by atoms with Gasteiger partial charge in [0.05, 0.1) is 0 Å². The first-order chi connectivity index (χ1) is 7.13. The third-order valence-electron chi connectivity index (χ3n) is 2.43. The van der Waals surface area contributed by atoms with Crippen LogP contribution in [0.1, 0.15) is 25.5 Å². The van der Waals surface area contributed by atoms with E-state index in [-0.39, 0.29) is 24.4 Å². The van der Waals surface area contributed by atoms with Gasteiger partial charge in [0.2, 0.25) is 0 Å². The van der Waals surface area contributed by atoms with Gasteiger partial charge in [-0.2, -0.15) is 0 Å². The first-order valence-electron chi connectivity index (χ1n) is 5.23. The zero-order valence-corrected chi connectivity index (χ0v) is 9.20. The summed E-state index contributed by atoms with van der Waals surface area (Å²) in [4.78, 5) is 0. The highest BCUT2D eigenvalue weighted by Gasteiger charge is 2.07. The molecule has 0 fully saturated rings. The van der Waals surface area contributed by atoms with Gasteiger partial charge in [-0.15, -0.1) is 0 Å². The maximum Gasteiger partial charge on any atom is 0.123 e. The number of rotatable bonds is 5. The van der Waals surface area contributed by atoms with Crippen LogP contribution in [-0.2, 0) is 0 Å². The minimum Gasteiger partial charge on any atom is -0.396 e. The number of halogens is 1. The van der Waals surface area contributed by atoms with Crippen LogP contribution < -0.4 is 5.32 Å².